The Hall–Kier alpha value is -3.83. The zero-order valence-corrected chi connectivity index (χ0v) is 27.9. The lowest BCUT2D eigenvalue weighted by molar-refractivity contribution is -0.265. The van der Waals surface area contributed by atoms with Crippen molar-refractivity contribution in [1.29, 1.82) is 0 Å². The number of rotatable bonds is 12. The number of fused-ring (bicyclic) bond motifs is 1. The van der Waals surface area contributed by atoms with E-state index in [4.69, 9.17) is 24.1 Å². The Morgan fingerprint density at radius 2 is 1.71 bits per heavy atom. The van der Waals surface area contributed by atoms with E-state index < -0.39 is 57.4 Å². The highest BCUT2D eigenvalue weighted by Crippen LogP contribution is 2.47. The maximum Gasteiger partial charge on any atom is 0.424 e. The van der Waals surface area contributed by atoms with Crippen LogP contribution < -0.4 is 29.0 Å². The van der Waals surface area contributed by atoms with Gasteiger partial charge in [-0.05, 0) is 70.2 Å². The molecule has 0 aliphatic carbocycles. The first-order chi connectivity index (χ1) is 22.4. The van der Waals surface area contributed by atoms with Crippen molar-refractivity contribution < 1.29 is 56.1 Å². The zero-order chi connectivity index (χ0) is 35.7. The number of aliphatic hydroxyl groups is 2. The molecule has 262 valence electrons. The van der Waals surface area contributed by atoms with Crippen LogP contribution in [0.4, 0.5) is 17.6 Å². The summed E-state index contributed by atoms with van der Waals surface area (Å²) in [4.78, 5) is 17.4. The van der Waals surface area contributed by atoms with Crippen LogP contribution >= 0.6 is 0 Å². The number of benzene rings is 2. The highest BCUT2D eigenvalue weighted by molar-refractivity contribution is 7.90. The minimum Gasteiger partial charge on any atom is -0.598 e. The average molecular weight is 700 g/mol. The zero-order valence-electron chi connectivity index (χ0n) is 27.1. The number of halogens is 4. The summed E-state index contributed by atoms with van der Waals surface area (Å²) in [7, 11) is 2.54. The summed E-state index contributed by atoms with van der Waals surface area (Å²) in [6.45, 7) is 4.74. The second kappa shape index (κ2) is 14.0. The first-order valence-electron chi connectivity index (χ1n) is 14.6. The smallest absolute Gasteiger partial charge is 0.424 e. The van der Waals surface area contributed by atoms with Crippen molar-refractivity contribution in [3.8, 4) is 34.3 Å². The van der Waals surface area contributed by atoms with Gasteiger partial charge in [-0.15, -0.1) is 4.72 Å². The first kappa shape index (κ1) is 37.0. The van der Waals surface area contributed by atoms with E-state index >= 15 is 0 Å². The summed E-state index contributed by atoms with van der Waals surface area (Å²) in [5, 5.41) is 22.7. The number of carbonyl (C=O) groups excluding carboxylic acids is 1. The molecule has 0 saturated carbocycles. The molecule has 0 fully saturated rings. The molecule has 0 saturated heterocycles. The highest BCUT2D eigenvalue weighted by Gasteiger charge is 2.57. The first-order valence-corrected chi connectivity index (χ1v) is 15.7. The van der Waals surface area contributed by atoms with Crippen LogP contribution in [0, 0.1) is 5.82 Å². The third-order valence-electron chi connectivity index (χ3n) is 7.52. The molecule has 0 spiro atoms. The van der Waals surface area contributed by atoms with Gasteiger partial charge >= 0.3 is 6.18 Å². The van der Waals surface area contributed by atoms with Gasteiger partial charge in [0.2, 0.25) is 11.4 Å². The van der Waals surface area contributed by atoms with Crippen molar-refractivity contribution in [2.45, 2.75) is 49.8 Å². The van der Waals surface area contributed by atoms with E-state index in [0.717, 1.165) is 18.2 Å². The molecule has 2 heterocycles. The largest absolute Gasteiger partial charge is 0.598 e. The quantitative estimate of drug-likeness (QED) is 0.160. The SMILES string of the molecule is COc1cc(C(=O)NC[C@@](O)(c2cc3c(c(-c4ccc(F)cc4)n2)OC[C@@]3(C)N[S+]([O-])C(C)(C)C)C(F)(F)F)cc(OC)c1OCCO. The Morgan fingerprint density at radius 1 is 1.10 bits per heavy atom. The van der Waals surface area contributed by atoms with Crippen LogP contribution in [0.25, 0.3) is 11.3 Å². The summed E-state index contributed by atoms with van der Waals surface area (Å²) in [6, 6.07) is 8.17. The van der Waals surface area contributed by atoms with Crippen molar-refractivity contribution in [3.63, 3.8) is 0 Å². The molecule has 4 N–H and O–H groups in total. The molecule has 0 bridgehead atoms. The van der Waals surface area contributed by atoms with Gasteiger partial charge in [0.05, 0.1) is 33.1 Å². The van der Waals surface area contributed by atoms with Gasteiger partial charge in [-0.3, -0.25) is 4.79 Å². The monoisotopic (exact) mass is 699 g/mol. The fourth-order valence-electron chi connectivity index (χ4n) is 4.79. The fourth-order valence-corrected chi connectivity index (χ4v) is 5.67. The number of pyridine rings is 1. The van der Waals surface area contributed by atoms with Gasteiger partial charge in [0.1, 0.15) is 35.0 Å². The van der Waals surface area contributed by atoms with Crippen molar-refractivity contribution >= 4 is 17.3 Å². The molecule has 3 aromatic rings. The number of hydrogen-bond acceptors (Lipinski definition) is 10. The topological polar surface area (TPSA) is 154 Å². The van der Waals surface area contributed by atoms with Crippen molar-refractivity contribution in [1.82, 2.24) is 15.0 Å². The van der Waals surface area contributed by atoms with Gasteiger partial charge in [0.25, 0.3) is 5.91 Å². The predicted octanol–water partition coefficient (Wildman–Crippen LogP) is 4.12. The standard InChI is InChI=1S/C32H37F4N3O8S/c1-29(2,3)48(43)39-30(4)17-47-26-21(30)15-24(38-25(26)18-7-9-20(33)10-8-18)31(42,32(34,35)36)16-37-28(41)19-13-22(44-5)27(46-12-11-40)23(14-19)45-6/h7-10,13-15,39-40,42H,11-12,16-17H2,1-6H3,(H,37,41)/t30-,31-,48?/m1/s1. The van der Waals surface area contributed by atoms with Gasteiger partial charge in [-0.25, -0.2) is 9.37 Å². The number of nitrogens with zero attached hydrogens (tertiary/aromatic N) is 1. The number of aromatic nitrogens is 1. The normalized spacial score (nSPS) is 17.9. The maximum absolute atomic E-state index is 14.9. The van der Waals surface area contributed by atoms with Crippen molar-refractivity contribution in [2.75, 3.05) is 40.6 Å². The Bertz CT molecular complexity index is 1610. The number of alkyl halides is 3. The Morgan fingerprint density at radius 3 is 2.23 bits per heavy atom. The second-order valence-corrected chi connectivity index (χ2v) is 14.1. The third kappa shape index (κ3) is 7.42. The molecule has 2 aromatic carbocycles. The number of ether oxygens (including phenoxy) is 4. The molecule has 1 amide bonds. The number of methoxy groups -OCH3 is 2. The third-order valence-corrected chi connectivity index (χ3v) is 9.27. The summed E-state index contributed by atoms with van der Waals surface area (Å²) >= 11 is -1.70. The molecule has 48 heavy (non-hydrogen) atoms. The molecular formula is C32H37F4N3O8S. The number of carbonyl (C=O) groups is 1. The van der Waals surface area contributed by atoms with Crippen LogP contribution in [0.1, 0.15) is 49.3 Å². The van der Waals surface area contributed by atoms with E-state index in [0.29, 0.717) is 0 Å². The molecule has 4 rings (SSSR count). The van der Waals surface area contributed by atoms with Crippen molar-refractivity contribution in [2.24, 2.45) is 0 Å². The van der Waals surface area contributed by atoms with Crippen LogP contribution in [0.5, 0.6) is 23.0 Å². The minimum absolute atomic E-state index is 0.00249. The lowest BCUT2D eigenvalue weighted by Crippen LogP contribution is -2.52. The number of aliphatic hydroxyl groups excluding tert-OH is 1. The number of hydrogen-bond donors (Lipinski definition) is 4. The molecule has 1 unspecified atom stereocenters. The van der Waals surface area contributed by atoms with E-state index in [1.807, 2.05) is 0 Å². The molecule has 1 aromatic heterocycles. The maximum atomic E-state index is 14.9. The molecule has 1 aliphatic rings. The van der Waals surface area contributed by atoms with E-state index in [-0.39, 0.29) is 65.2 Å². The van der Waals surface area contributed by atoms with E-state index in [1.54, 1.807) is 27.7 Å². The van der Waals surface area contributed by atoms with Crippen molar-refractivity contribution in [3.05, 3.63) is 65.1 Å². The summed E-state index contributed by atoms with van der Waals surface area (Å²) in [6.07, 6.45) is -5.38. The summed E-state index contributed by atoms with van der Waals surface area (Å²) in [5.41, 5.74) is -5.96. The van der Waals surface area contributed by atoms with E-state index in [2.05, 4.69) is 15.0 Å². The van der Waals surface area contributed by atoms with Gasteiger partial charge in [0, 0.05) is 28.1 Å². The van der Waals surface area contributed by atoms with E-state index in [9.17, 15) is 32.0 Å². The van der Waals surface area contributed by atoms with Crippen LogP contribution in [0.3, 0.4) is 0 Å². The Balaban J connectivity index is 1.80. The Labute approximate surface area is 277 Å². The minimum atomic E-state index is -5.38. The summed E-state index contributed by atoms with van der Waals surface area (Å²) < 4.78 is 95.6. The van der Waals surface area contributed by atoms with Crippen LogP contribution in [0.15, 0.2) is 42.5 Å². The fraction of sp³-hybridized carbons (Fsp3) is 0.438. The lowest BCUT2D eigenvalue weighted by Gasteiger charge is -2.33. The molecule has 0 radical (unpaired) electrons. The predicted molar refractivity (Wildman–Crippen MR) is 168 cm³/mol. The lowest BCUT2D eigenvalue weighted by atomic mass is 9.89. The van der Waals surface area contributed by atoms with E-state index in [1.165, 1.54) is 38.5 Å². The van der Waals surface area contributed by atoms with Gasteiger partial charge in [-0.1, -0.05) is 0 Å². The number of nitrogens with one attached hydrogen (secondary N) is 2. The van der Waals surface area contributed by atoms with Gasteiger partial charge in [-0.2, -0.15) is 13.2 Å². The summed E-state index contributed by atoms with van der Waals surface area (Å²) in [5.74, 6) is -1.51. The van der Waals surface area contributed by atoms with Crippen LogP contribution in [-0.2, 0) is 22.5 Å². The van der Waals surface area contributed by atoms with Gasteiger partial charge < -0.3 is 39.0 Å². The number of amides is 1. The van der Waals surface area contributed by atoms with Gasteiger partial charge in [0.15, 0.2) is 17.2 Å². The molecule has 1 aliphatic heterocycles. The van der Waals surface area contributed by atoms with Crippen LogP contribution in [0.2, 0.25) is 0 Å². The second-order valence-electron chi connectivity index (χ2n) is 12.2. The molecule has 11 nitrogen and oxygen atoms in total. The Kier molecular flexibility index (Phi) is 10.8. The molecule has 16 heteroatoms. The molecular weight excluding hydrogens is 662 g/mol. The average Bonchev–Trinajstić information content (AvgIpc) is 3.36. The highest BCUT2D eigenvalue weighted by atomic mass is 32.2. The van der Waals surface area contributed by atoms with Crippen LogP contribution in [-0.4, -0.2) is 77.2 Å². The molecule has 3 atom stereocenters.